The summed E-state index contributed by atoms with van der Waals surface area (Å²) in [5.41, 5.74) is 1.24. The maximum Gasteiger partial charge on any atom is 0.407 e. The van der Waals surface area contributed by atoms with Crippen molar-refractivity contribution >= 4 is 32.2 Å². The van der Waals surface area contributed by atoms with Crippen LogP contribution in [0.1, 0.15) is 74.2 Å². The van der Waals surface area contributed by atoms with Crippen LogP contribution in [0.5, 0.6) is 0 Å². The van der Waals surface area contributed by atoms with Crippen LogP contribution in [-0.4, -0.2) is 71.9 Å². The Bertz CT molecular complexity index is 1250. The van der Waals surface area contributed by atoms with E-state index in [1.807, 2.05) is 37.3 Å². The number of carbonyl (C=O) groups excluding carboxylic acids is 3. The number of nitrogens with zero attached hydrogens (tertiary/aromatic N) is 1. The van der Waals surface area contributed by atoms with Crippen LogP contribution in [0, 0.1) is 0 Å². The molecule has 1 saturated heterocycles. The number of hydrogen-bond acceptors (Lipinski definition) is 9. The van der Waals surface area contributed by atoms with Crippen LogP contribution < -0.4 is 5.32 Å². The molecular weight excluding hydrogens is 603 g/mol. The summed E-state index contributed by atoms with van der Waals surface area (Å²) in [6.45, 7) is 2.46. The predicted octanol–water partition coefficient (Wildman–Crippen LogP) is 5.37. The zero-order valence-electron chi connectivity index (χ0n) is 25.6. The molecule has 0 saturated carbocycles. The fourth-order valence-electron chi connectivity index (χ4n) is 4.84. The molecule has 45 heavy (non-hydrogen) atoms. The van der Waals surface area contributed by atoms with Crippen molar-refractivity contribution in [2.24, 2.45) is 0 Å². The van der Waals surface area contributed by atoms with Gasteiger partial charge in [0.25, 0.3) is 5.91 Å². The molecule has 2 unspecified atom stereocenters. The number of nitrogens with one attached hydrogen (secondary N) is 1. The highest BCUT2D eigenvalue weighted by Crippen LogP contribution is 2.31. The zero-order chi connectivity index (χ0) is 32.4. The van der Waals surface area contributed by atoms with Gasteiger partial charge in [-0.25, -0.2) is 14.4 Å². The summed E-state index contributed by atoms with van der Waals surface area (Å²) in [4.78, 5) is 50.9. The number of alkyl carbamates (subject to hydrolysis) is 1. The lowest BCUT2D eigenvalue weighted by molar-refractivity contribution is -0.151. The Balaban J connectivity index is 1.52. The monoisotopic (exact) mass is 646 g/mol. The number of carboxylic acid groups (broad SMARTS) is 1. The van der Waals surface area contributed by atoms with E-state index in [9.17, 15) is 28.8 Å². The maximum absolute atomic E-state index is 13.4. The van der Waals surface area contributed by atoms with Crippen molar-refractivity contribution in [2.45, 2.75) is 83.1 Å². The van der Waals surface area contributed by atoms with Crippen LogP contribution in [0.4, 0.5) is 4.79 Å². The molecule has 246 valence electrons. The minimum absolute atomic E-state index is 0.129. The summed E-state index contributed by atoms with van der Waals surface area (Å²) >= 11 is 0. The molecule has 1 fully saturated rings. The van der Waals surface area contributed by atoms with Gasteiger partial charge in [-0.2, -0.15) is 0 Å². The Morgan fingerprint density at radius 1 is 1.00 bits per heavy atom. The SMILES string of the molecule is CCCCC(CO[PH](=O)O[C@@H](CCCCNC(=O)OCc1ccccc1)C(=O)N1CCC[C@H]1C(=O)O)OC(=O)c1ccccc1. The van der Waals surface area contributed by atoms with Crippen molar-refractivity contribution < 1.29 is 47.4 Å². The highest BCUT2D eigenvalue weighted by molar-refractivity contribution is 7.33. The Hall–Kier alpha value is -3.73. The number of benzene rings is 2. The number of likely N-dealkylation sites (tertiary alicyclic amines) is 1. The third kappa shape index (κ3) is 12.7. The number of hydrogen-bond donors (Lipinski definition) is 2. The molecule has 1 heterocycles. The number of carbonyl (C=O) groups is 4. The van der Waals surface area contributed by atoms with E-state index in [1.165, 1.54) is 4.90 Å². The number of unbranched alkanes of at least 4 members (excludes halogenated alkanes) is 2. The van der Waals surface area contributed by atoms with E-state index in [4.69, 9.17) is 18.5 Å². The molecule has 0 bridgehead atoms. The molecule has 2 amide bonds. The minimum Gasteiger partial charge on any atom is -0.480 e. The van der Waals surface area contributed by atoms with Gasteiger partial charge >= 0.3 is 26.3 Å². The van der Waals surface area contributed by atoms with E-state index in [0.717, 1.165) is 18.4 Å². The molecule has 0 spiro atoms. The molecule has 12 nitrogen and oxygen atoms in total. The Morgan fingerprint density at radius 3 is 2.40 bits per heavy atom. The minimum atomic E-state index is -3.23. The smallest absolute Gasteiger partial charge is 0.407 e. The van der Waals surface area contributed by atoms with Crippen molar-refractivity contribution in [3.8, 4) is 0 Å². The van der Waals surface area contributed by atoms with Gasteiger partial charge in [0, 0.05) is 13.1 Å². The van der Waals surface area contributed by atoms with E-state index < -0.39 is 50.4 Å². The molecule has 0 aliphatic carbocycles. The lowest BCUT2D eigenvalue weighted by Crippen LogP contribution is -2.45. The highest BCUT2D eigenvalue weighted by Gasteiger charge is 2.38. The van der Waals surface area contributed by atoms with Crippen LogP contribution in [0.2, 0.25) is 0 Å². The van der Waals surface area contributed by atoms with E-state index in [-0.39, 0.29) is 32.7 Å². The summed E-state index contributed by atoms with van der Waals surface area (Å²) in [7, 11) is -3.23. The standard InChI is InChI=1S/C32H43N2O10P/c1-2-3-17-26(43-31(38)25-15-8-5-9-16-25)23-42-45(40)44-28(29(35)34-21-12-18-27(34)30(36)37)19-10-11-20-33-32(39)41-22-24-13-6-4-7-14-24/h4-9,13-16,26-28,45H,2-3,10-12,17-23H2,1H3,(H,33,39)(H,36,37)/t26?,27-,28-/m0/s1. The second-order valence-electron chi connectivity index (χ2n) is 10.7. The molecule has 1 aliphatic heterocycles. The zero-order valence-corrected chi connectivity index (χ0v) is 26.6. The van der Waals surface area contributed by atoms with Gasteiger partial charge in [-0.05, 0) is 62.6 Å². The topological polar surface area (TPSA) is 158 Å². The van der Waals surface area contributed by atoms with E-state index >= 15 is 0 Å². The number of esters is 1. The largest absolute Gasteiger partial charge is 0.480 e. The maximum atomic E-state index is 13.4. The highest BCUT2D eigenvalue weighted by atomic mass is 31.1. The number of ether oxygens (including phenoxy) is 2. The van der Waals surface area contributed by atoms with Crippen LogP contribution in [-0.2, 0) is 39.3 Å². The molecule has 0 radical (unpaired) electrons. The average Bonchev–Trinajstić information content (AvgIpc) is 3.55. The molecule has 2 N–H and O–H groups in total. The molecule has 3 rings (SSSR count). The first-order valence-electron chi connectivity index (χ1n) is 15.4. The Morgan fingerprint density at radius 2 is 1.71 bits per heavy atom. The summed E-state index contributed by atoms with van der Waals surface area (Å²) in [5.74, 6) is -2.21. The van der Waals surface area contributed by atoms with Crippen molar-refractivity contribution in [3.05, 3.63) is 71.8 Å². The normalized spacial score (nSPS) is 16.4. The lowest BCUT2D eigenvalue weighted by Gasteiger charge is -2.27. The second-order valence-corrected chi connectivity index (χ2v) is 11.7. The summed E-state index contributed by atoms with van der Waals surface area (Å²) < 4.78 is 34.8. The fourth-order valence-corrected chi connectivity index (χ4v) is 5.68. The van der Waals surface area contributed by atoms with Gasteiger partial charge in [0.2, 0.25) is 0 Å². The predicted molar refractivity (Wildman–Crippen MR) is 166 cm³/mol. The van der Waals surface area contributed by atoms with E-state index in [0.29, 0.717) is 37.7 Å². The quantitative estimate of drug-likeness (QED) is 0.116. The van der Waals surface area contributed by atoms with E-state index in [2.05, 4.69) is 5.32 Å². The molecule has 2 aromatic carbocycles. The van der Waals surface area contributed by atoms with Gasteiger partial charge in [0.1, 0.15) is 24.9 Å². The molecule has 0 aromatic heterocycles. The van der Waals surface area contributed by atoms with Gasteiger partial charge in [-0.1, -0.05) is 61.9 Å². The second kappa shape index (κ2) is 19.6. The summed E-state index contributed by atoms with van der Waals surface area (Å²) in [6, 6.07) is 16.8. The number of rotatable bonds is 19. The van der Waals surface area contributed by atoms with Gasteiger partial charge in [0.15, 0.2) is 0 Å². The molecule has 1 aliphatic rings. The van der Waals surface area contributed by atoms with Crippen LogP contribution in [0.15, 0.2) is 60.7 Å². The lowest BCUT2D eigenvalue weighted by atomic mass is 10.1. The number of carboxylic acids is 1. The van der Waals surface area contributed by atoms with Crippen molar-refractivity contribution in [1.82, 2.24) is 10.2 Å². The van der Waals surface area contributed by atoms with Crippen LogP contribution in [0.25, 0.3) is 0 Å². The van der Waals surface area contributed by atoms with Crippen molar-refractivity contribution in [3.63, 3.8) is 0 Å². The molecule has 4 atom stereocenters. The van der Waals surface area contributed by atoms with Crippen molar-refractivity contribution in [2.75, 3.05) is 19.7 Å². The molecule has 2 aromatic rings. The van der Waals surface area contributed by atoms with Gasteiger partial charge in [-0.15, -0.1) is 0 Å². The van der Waals surface area contributed by atoms with Crippen LogP contribution >= 0.6 is 8.25 Å². The summed E-state index contributed by atoms with van der Waals surface area (Å²) in [5, 5.41) is 12.2. The first kappa shape index (κ1) is 35.7. The number of aliphatic carboxylic acids is 1. The first-order chi connectivity index (χ1) is 21.8. The van der Waals surface area contributed by atoms with Gasteiger partial charge in [0.05, 0.1) is 12.2 Å². The number of amides is 2. The summed E-state index contributed by atoms with van der Waals surface area (Å²) in [6.07, 6.45) is 1.48. The fraction of sp³-hybridized carbons (Fsp3) is 0.500. The third-order valence-electron chi connectivity index (χ3n) is 7.26. The molecule has 13 heteroatoms. The van der Waals surface area contributed by atoms with Crippen LogP contribution in [0.3, 0.4) is 0 Å². The average molecular weight is 647 g/mol. The molecular formula is C32H43N2O10P. The van der Waals surface area contributed by atoms with E-state index in [1.54, 1.807) is 30.3 Å². The first-order valence-corrected chi connectivity index (χ1v) is 16.6. The van der Waals surface area contributed by atoms with Gasteiger partial charge < -0.3 is 29.3 Å². The van der Waals surface area contributed by atoms with Gasteiger partial charge in [-0.3, -0.25) is 13.9 Å². The third-order valence-corrected chi connectivity index (χ3v) is 8.14. The van der Waals surface area contributed by atoms with Crippen molar-refractivity contribution in [1.29, 1.82) is 0 Å². The Kier molecular flexibility index (Phi) is 15.6. The Labute approximate surface area is 264 Å².